The maximum atomic E-state index is 12.6. The number of carbonyl (C=O) groups excluding carboxylic acids is 1. The van der Waals surface area contributed by atoms with Crippen molar-refractivity contribution in [2.45, 2.75) is 12.5 Å². The highest BCUT2D eigenvalue weighted by molar-refractivity contribution is 6.14. The van der Waals surface area contributed by atoms with Crippen molar-refractivity contribution >= 4 is 22.6 Å². The van der Waals surface area contributed by atoms with Crippen molar-refractivity contribution in [2.24, 2.45) is 0 Å². The number of nitrogens with zero attached hydrogens (tertiary/aromatic N) is 1. The van der Waals surface area contributed by atoms with Crippen molar-refractivity contribution in [3.8, 4) is 0 Å². The minimum absolute atomic E-state index is 0.121. The van der Waals surface area contributed by atoms with Crippen molar-refractivity contribution in [1.82, 2.24) is 4.90 Å². The lowest BCUT2D eigenvalue weighted by Crippen LogP contribution is -2.29. The smallest absolute Gasteiger partial charge is 0.336 e. The van der Waals surface area contributed by atoms with Crippen LogP contribution in [0.25, 0.3) is 10.8 Å². The molecule has 1 heterocycles. The molecule has 108 valence electrons. The van der Waals surface area contributed by atoms with Crippen LogP contribution in [-0.4, -0.2) is 46.2 Å². The second-order valence-electron chi connectivity index (χ2n) is 5.21. The summed E-state index contributed by atoms with van der Waals surface area (Å²) in [6, 6.07) is 10.1. The Bertz CT molecular complexity index is 720. The molecule has 0 saturated carbocycles. The summed E-state index contributed by atoms with van der Waals surface area (Å²) < 4.78 is 0. The standard InChI is InChI=1S/C16H15NO4/c18-11-7-8-17(9-11)15(19)12-5-1-3-10-4-2-6-13(14(10)12)16(20)21/h1-6,11,18H,7-9H2,(H,20,21). The van der Waals surface area contributed by atoms with Gasteiger partial charge in [0.2, 0.25) is 0 Å². The molecule has 0 bridgehead atoms. The molecule has 5 heteroatoms. The fraction of sp³-hybridized carbons (Fsp3) is 0.250. The van der Waals surface area contributed by atoms with E-state index in [1.54, 1.807) is 35.2 Å². The van der Waals surface area contributed by atoms with Gasteiger partial charge in [0.1, 0.15) is 0 Å². The zero-order chi connectivity index (χ0) is 15.0. The van der Waals surface area contributed by atoms with Crippen LogP contribution in [-0.2, 0) is 0 Å². The largest absolute Gasteiger partial charge is 0.478 e. The van der Waals surface area contributed by atoms with Crippen LogP contribution in [0.2, 0.25) is 0 Å². The Hall–Kier alpha value is -2.40. The van der Waals surface area contributed by atoms with Crippen LogP contribution in [0.5, 0.6) is 0 Å². The molecule has 1 aliphatic rings. The van der Waals surface area contributed by atoms with Crippen LogP contribution in [0.15, 0.2) is 36.4 Å². The molecule has 1 saturated heterocycles. The average molecular weight is 285 g/mol. The van der Waals surface area contributed by atoms with E-state index in [0.29, 0.717) is 30.5 Å². The lowest BCUT2D eigenvalue weighted by molar-refractivity contribution is 0.0699. The number of β-amino-alcohol motifs (C(OH)–C–C–N with tert-alkyl or cyclic N) is 1. The Kier molecular flexibility index (Phi) is 3.35. The van der Waals surface area contributed by atoms with Crippen LogP contribution >= 0.6 is 0 Å². The number of carboxylic acid groups (broad SMARTS) is 1. The van der Waals surface area contributed by atoms with Gasteiger partial charge in [0, 0.05) is 24.0 Å². The molecule has 1 aliphatic heterocycles. The molecule has 1 unspecified atom stereocenters. The Balaban J connectivity index is 2.14. The lowest BCUT2D eigenvalue weighted by atomic mass is 9.98. The molecular formula is C16H15NO4. The number of aliphatic hydroxyl groups excluding tert-OH is 1. The van der Waals surface area contributed by atoms with Crippen LogP contribution in [0.1, 0.15) is 27.1 Å². The van der Waals surface area contributed by atoms with Crippen molar-refractivity contribution in [1.29, 1.82) is 0 Å². The first-order valence-corrected chi connectivity index (χ1v) is 6.80. The normalized spacial score (nSPS) is 18.1. The molecule has 0 aliphatic carbocycles. The highest BCUT2D eigenvalue weighted by atomic mass is 16.4. The van der Waals surface area contributed by atoms with E-state index in [-0.39, 0.29) is 11.5 Å². The maximum Gasteiger partial charge on any atom is 0.336 e. The molecule has 5 nitrogen and oxygen atoms in total. The number of aromatic carboxylic acids is 1. The predicted octanol–water partition coefficient (Wildman–Crippen LogP) is 1.74. The van der Waals surface area contributed by atoms with E-state index in [1.807, 2.05) is 0 Å². The molecule has 2 aromatic carbocycles. The van der Waals surface area contributed by atoms with Crippen LogP contribution < -0.4 is 0 Å². The summed E-state index contributed by atoms with van der Waals surface area (Å²) in [5, 5.41) is 20.1. The summed E-state index contributed by atoms with van der Waals surface area (Å²) in [6.45, 7) is 0.788. The molecule has 1 amide bonds. The van der Waals surface area contributed by atoms with Gasteiger partial charge in [0.05, 0.1) is 11.7 Å². The zero-order valence-corrected chi connectivity index (χ0v) is 11.3. The third kappa shape index (κ3) is 2.36. The van der Waals surface area contributed by atoms with Crippen molar-refractivity contribution in [3.05, 3.63) is 47.5 Å². The van der Waals surface area contributed by atoms with Crippen LogP contribution in [0.3, 0.4) is 0 Å². The number of benzene rings is 2. The topological polar surface area (TPSA) is 77.8 Å². The van der Waals surface area contributed by atoms with Gasteiger partial charge in [0.15, 0.2) is 0 Å². The number of carbonyl (C=O) groups is 2. The number of likely N-dealkylation sites (tertiary alicyclic amines) is 1. The van der Waals surface area contributed by atoms with Crippen LogP contribution in [0.4, 0.5) is 0 Å². The summed E-state index contributed by atoms with van der Waals surface area (Å²) in [5.41, 5.74) is 0.496. The SMILES string of the molecule is O=C(O)c1cccc2cccc(C(=O)N3CCC(O)C3)c12. The molecule has 0 aromatic heterocycles. The van der Waals surface area contributed by atoms with Crippen molar-refractivity contribution < 1.29 is 19.8 Å². The Morgan fingerprint density at radius 3 is 2.33 bits per heavy atom. The summed E-state index contributed by atoms with van der Waals surface area (Å²) in [7, 11) is 0. The van der Waals surface area contributed by atoms with Gasteiger partial charge in [-0.2, -0.15) is 0 Å². The van der Waals surface area contributed by atoms with E-state index in [9.17, 15) is 19.8 Å². The van der Waals surface area contributed by atoms with Gasteiger partial charge in [0.25, 0.3) is 5.91 Å². The minimum atomic E-state index is -1.05. The molecule has 3 rings (SSSR count). The zero-order valence-electron chi connectivity index (χ0n) is 11.3. The lowest BCUT2D eigenvalue weighted by Gasteiger charge is -2.17. The second kappa shape index (κ2) is 5.18. The van der Waals surface area contributed by atoms with Gasteiger partial charge in [-0.25, -0.2) is 4.79 Å². The van der Waals surface area contributed by atoms with E-state index in [0.717, 1.165) is 5.39 Å². The first-order valence-electron chi connectivity index (χ1n) is 6.80. The third-order valence-corrected chi connectivity index (χ3v) is 3.82. The van der Waals surface area contributed by atoms with Gasteiger partial charge in [-0.15, -0.1) is 0 Å². The number of rotatable bonds is 2. The summed E-state index contributed by atoms with van der Waals surface area (Å²) >= 11 is 0. The molecule has 21 heavy (non-hydrogen) atoms. The van der Waals surface area contributed by atoms with Crippen molar-refractivity contribution in [2.75, 3.05) is 13.1 Å². The molecule has 1 fully saturated rings. The third-order valence-electron chi connectivity index (χ3n) is 3.82. The molecular weight excluding hydrogens is 270 g/mol. The fourth-order valence-electron chi connectivity index (χ4n) is 2.79. The Morgan fingerprint density at radius 1 is 1.10 bits per heavy atom. The molecule has 0 spiro atoms. The van der Waals surface area contributed by atoms with E-state index >= 15 is 0 Å². The number of aliphatic hydroxyl groups is 1. The number of fused-ring (bicyclic) bond motifs is 1. The Labute approximate surface area is 121 Å². The molecule has 2 aromatic rings. The van der Waals surface area contributed by atoms with Gasteiger partial charge < -0.3 is 15.1 Å². The summed E-state index contributed by atoms with van der Waals surface area (Å²) in [6.07, 6.45) is 0.0605. The first-order chi connectivity index (χ1) is 10.1. The quantitative estimate of drug-likeness (QED) is 0.881. The van der Waals surface area contributed by atoms with E-state index in [4.69, 9.17) is 0 Å². The van der Waals surface area contributed by atoms with Gasteiger partial charge >= 0.3 is 5.97 Å². The highest BCUT2D eigenvalue weighted by Crippen LogP contribution is 2.25. The van der Waals surface area contributed by atoms with Crippen LogP contribution in [0, 0.1) is 0 Å². The number of hydrogen-bond acceptors (Lipinski definition) is 3. The van der Waals surface area contributed by atoms with E-state index in [1.165, 1.54) is 6.07 Å². The van der Waals surface area contributed by atoms with E-state index < -0.39 is 12.1 Å². The summed E-state index contributed by atoms with van der Waals surface area (Å²) in [4.78, 5) is 25.6. The molecule has 1 atom stereocenters. The van der Waals surface area contributed by atoms with Crippen molar-refractivity contribution in [3.63, 3.8) is 0 Å². The fourth-order valence-corrected chi connectivity index (χ4v) is 2.79. The van der Waals surface area contributed by atoms with Gasteiger partial charge in [-0.1, -0.05) is 24.3 Å². The minimum Gasteiger partial charge on any atom is -0.478 e. The maximum absolute atomic E-state index is 12.6. The molecule has 0 radical (unpaired) electrons. The number of hydrogen-bond donors (Lipinski definition) is 2. The highest BCUT2D eigenvalue weighted by Gasteiger charge is 2.27. The monoisotopic (exact) mass is 285 g/mol. The number of amides is 1. The predicted molar refractivity (Wildman–Crippen MR) is 77.4 cm³/mol. The van der Waals surface area contributed by atoms with Gasteiger partial charge in [-0.05, 0) is 23.9 Å². The molecule has 2 N–H and O–H groups in total. The second-order valence-corrected chi connectivity index (χ2v) is 5.21. The summed E-state index contributed by atoms with van der Waals surface area (Å²) in [5.74, 6) is -1.28. The first kappa shape index (κ1) is 13.6. The van der Waals surface area contributed by atoms with Gasteiger partial charge in [-0.3, -0.25) is 4.79 Å². The number of carboxylic acids is 1. The van der Waals surface area contributed by atoms with E-state index in [2.05, 4.69) is 0 Å². The average Bonchev–Trinajstić information content (AvgIpc) is 2.91. The Morgan fingerprint density at radius 2 is 1.76 bits per heavy atom.